The second kappa shape index (κ2) is 14.1. The molecule has 0 amide bonds. The van der Waals surface area contributed by atoms with E-state index in [1.165, 1.54) is 36.4 Å². The molecule has 0 radical (unpaired) electrons. The van der Waals surface area contributed by atoms with Crippen LogP contribution in [-0.2, 0) is 16.4 Å². The van der Waals surface area contributed by atoms with Crippen LogP contribution < -0.4 is 9.64 Å². The monoisotopic (exact) mass is 556 g/mol. The molecule has 0 atom stereocenters. The molecule has 2 heterocycles. The molecular formula is C29H40N4O3S2. The number of hydrogen-bond acceptors (Lipinski definition) is 7. The molecule has 0 N–H and O–H groups in total. The van der Waals surface area contributed by atoms with Crippen LogP contribution in [0.1, 0.15) is 68.8 Å². The molecule has 1 fully saturated rings. The fourth-order valence-corrected chi connectivity index (χ4v) is 6.93. The first-order valence-electron chi connectivity index (χ1n) is 13.8. The minimum absolute atomic E-state index is 0.261. The Bertz CT molecular complexity index is 1230. The van der Waals surface area contributed by atoms with Gasteiger partial charge in [-0.05, 0) is 49.6 Å². The lowest BCUT2D eigenvalue weighted by molar-refractivity contribution is 0.431. The summed E-state index contributed by atoms with van der Waals surface area (Å²) in [5, 5.41) is 0.870. The van der Waals surface area contributed by atoms with Gasteiger partial charge in [-0.3, -0.25) is 0 Å². The number of hydrogen-bond donors (Lipinski definition) is 0. The summed E-state index contributed by atoms with van der Waals surface area (Å²) < 4.78 is 38.0. The lowest BCUT2D eigenvalue weighted by atomic mass is 10.1. The Kier molecular flexibility index (Phi) is 10.5. The van der Waals surface area contributed by atoms with Crippen molar-refractivity contribution in [2.24, 2.45) is 0 Å². The molecule has 0 bridgehead atoms. The van der Waals surface area contributed by atoms with Crippen LogP contribution in [0, 0.1) is 6.92 Å². The molecule has 0 saturated carbocycles. The summed E-state index contributed by atoms with van der Waals surface area (Å²) in [5.41, 5.74) is 2.32. The van der Waals surface area contributed by atoms with E-state index in [0.717, 1.165) is 60.2 Å². The Morgan fingerprint density at radius 2 is 1.55 bits per heavy atom. The summed E-state index contributed by atoms with van der Waals surface area (Å²) in [7, 11) is -3.20. The fourth-order valence-electron chi connectivity index (χ4n) is 4.60. The first-order valence-corrected chi connectivity index (χ1v) is 16.2. The van der Waals surface area contributed by atoms with E-state index in [-0.39, 0.29) is 5.75 Å². The van der Waals surface area contributed by atoms with Gasteiger partial charge < -0.3 is 9.64 Å². The van der Waals surface area contributed by atoms with Gasteiger partial charge in [0.25, 0.3) is 0 Å². The molecule has 4 rings (SSSR count). The highest BCUT2D eigenvalue weighted by Gasteiger charge is 2.26. The summed E-state index contributed by atoms with van der Waals surface area (Å²) in [6.45, 7) is 6.78. The Hall–Kier alpha value is -2.49. The second-order valence-corrected chi connectivity index (χ2v) is 12.9. The molecule has 38 heavy (non-hydrogen) atoms. The van der Waals surface area contributed by atoms with Crippen LogP contribution in [0.25, 0.3) is 0 Å². The van der Waals surface area contributed by atoms with Gasteiger partial charge in [0.15, 0.2) is 0 Å². The highest BCUT2D eigenvalue weighted by Crippen LogP contribution is 2.24. The molecule has 206 valence electrons. The van der Waals surface area contributed by atoms with Crippen molar-refractivity contribution in [3.05, 3.63) is 65.5 Å². The molecular weight excluding hydrogens is 516 g/mol. The summed E-state index contributed by atoms with van der Waals surface area (Å²) in [4.78, 5) is 6.96. The zero-order chi connectivity index (χ0) is 26.8. The number of nitrogens with zero attached hydrogens (tertiary/aromatic N) is 4. The normalized spacial score (nSPS) is 14.9. The van der Waals surface area contributed by atoms with Crippen molar-refractivity contribution < 1.29 is 13.2 Å². The fraction of sp³-hybridized carbons (Fsp3) is 0.517. The first-order chi connectivity index (χ1) is 18.4. The summed E-state index contributed by atoms with van der Waals surface area (Å²) >= 11 is 1.39. The SMILES string of the molecule is CCCCCCCCS(=O)(=O)N1CCCN(c2nc(Cc3ccc(Oc4ccc(C)cc4)cc3)ns2)CC1. The molecule has 9 heteroatoms. The molecule has 7 nitrogen and oxygen atoms in total. The van der Waals surface area contributed by atoms with E-state index in [2.05, 4.69) is 23.1 Å². The molecule has 0 aliphatic carbocycles. The van der Waals surface area contributed by atoms with Crippen molar-refractivity contribution in [1.82, 2.24) is 13.7 Å². The van der Waals surface area contributed by atoms with Crippen molar-refractivity contribution in [1.29, 1.82) is 0 Å². The van der Waals surface area contributed by atoms with Crippen molar-refractivity contribution in [2.45, 2.75) is 65.2 Å². The smallest absolute Gasteiger partial charge is 0.214 e. The third-order valence-electron chi connectivity index (χ3n) is 6.87. The minimum Gasteiger partial charge on any atom is -0.457 e. The van der Waals surface area contributed by atoms with E-state index in [9.17, 15) is 8.42 Å². The largest absolute Gasteiger partial charge is 0.457 e. The molecule has 1 aliphatic rings. The number of sulfonamides is 1. The van der Waals surface area contributed by atoms with Gasteiger partial charge in [-0.25, -0.2) is 17.7 Å². The number of unbranched alkanes of at least 4 members (excludes halogenated alkanes) is 5. The first kappa shape index (κ1) is 28.5. The molecule has 0 unspecified atom stereocenters. The summed E-state index contributed by atoms with van der Waals surface area (Å²) in [5.74, 6) is 2.66. The van der Waals surface area contributed by atoms with E-state index in [1.54, 1.807) is 4.31 Å². The predicted octanol–water partition coefficient (Wildman–Crippen LogP) is 6.43. The second-order valence-electron chi connectivity index (χ2n) is 10.1. The zero-order valence-electron chi connectivity index (χ0n) is 22.6. The highest BCUT2D eigenvalue weighted by molar-refractivity contribution is 7.89. The number of rotatable bonds is 13. The molecule has 1 aromatic heterocycles. The van der Waals surface area contributed by atoms with Crippen molar-refractivity contribution in [2.75, 3.05) is 36.8 Å². The number of benzene rings is 2. The number of aromatic nitrogens is 2. The van der Waals surface area contributed by atoms with Crippen LogP contribution >= 0.6 is 11.5 Å². The zero-order valence-corrected chi connectivity index (χ0v) is 24.3. The quantitative estimate of drug-likeness (QED) is 0.226. The maximum absolute atomic E-state index is 12.9. The van der Waals surface area contributed by atoms with Crippen molar-refractivity contribution >= 4 is 26.7 Å². The van der Waals surface area contributed by atoms with Crippen LogP contribution in [0.2, 0.25) is 0 Å². The van der Waals surface area contributed by atoms with Gasteiger partial charge in [-0.1, -0.05) is 68.9 Å². The number of ether oxygens (including phenoxy) is 1. The van der Waals surface area contributed by atoms with E-state index >= 15 is 0 Å². The maximum Gasteiger partial charge on any atom is 0.214 e. The summed E-state index contributed by atoms with van der Waals surface area (Å²) in [6.07, 6.45) is 7.96. The van der Waals surface area contributed by atoms with Crippen molar-refractivity contribution in [3.8, 4) is 11.5 Å². The van der Waals surface area contributed by atoms with E-state index in [1.807, 2.05) is 48.5 Å². The molecule has 0 spiro atoms. The van der Waals surface area contributed by atoms with E-state index in [4.69, 9.17) is 9.72 Å². The van der Waals surface area contributed by atoms with Gasteiger partial charge >= 0.3 is 0 Å². The van der Waals surface area contributed by atoms with Crippen LogP contribution in [-0.4, -0.2) is 54.0 Å². The van der Waals surface area contributed by atoms with Gasteiger partial charge in [0, 0.05) is 44.1 Å². The third kappa shape index (κ3) is 8.51. The van der Waals surface area contributed by atoms with Crippen LogP contribution in [0.3, 0.4) is 0 Å². The lowest BCUT2D eigenvalue weighted by Gasteiger charge is -2.21. The third-order valence-corrected chi connectivity index (χ3v) is 9.65. The van der Waals surface area contributed by atoms with E-state index in [0.29, 0.717) is 26.1 Å². The van der Waals surface area contributed by atoms with Crippen LogP contribution in [0.5, 0.6) is 11.5 Å². The van der Waals surface area contributed by atoms with E-state index < -0.39 is 10.0 Å². The number of aryl methyl sites for hydroxylation is 1. The maximum atomic E-state index is 12.9. The van der Waals surface area contributed by atoms with Gasteiger partial charge in [0.05, 0.1) is 5.75 Å². The highest BCUT2D eigenvalue weighted by atomic mass is 32.2. The van der Waals surface area contributed by atoms with Gasteiger partial charge in [0.1, 0.15) is 17.3 Å². The lowest BCUT2D eigenvalue weighted by Crippen LogP contribution is -2.36. The summed E-state index contributed by atoms with van der Waals surface area (Å²) in [6, 6.07) is 16.0. The molecule has 1 saturated heterocycles. The van der Waals surface area contributed by atoms with Crippen molar-refractivity contribution in [3.63, 3.8) is 0 Å². The molecule has 1 aliphatic heterocycles. The average Bonchev–Trinajstić information content (AvgIpc) is 3.22. The average molecular weight is 557 g/mol. The Morgan fingerprint density at radius 3 is 2.29 bits per heavy atom. The Morgan fingerprint density at radius 1 is 0.868 bits per heavy atom. The topological polar surface area (TPSA) is 75.6 Å². The Balaban J connectivity index is 1.26. The van der Waals surface area contributed by atoms with Gasteiger partial charge in [-0.2, -0.15) is 4.37 Å². The predicted molar refractivity (Wildman–Crippen MR) is 156 cm³/mol. The standard InChI is InChI=1S/C29H40N4O3S2/c1-3-4-5-6-7-8-22-38(34,35)33-19-9-18-32(20-21-33)29-30-28(31-37-29)23-25-12-16-27(17-13-25)36-26-14-10-24(2)11-15-26/h10-17H,3-9,18-23H2,1-2H3. The van der Waals surface area contributed by atoms with Crippen LogP contribution in [0.4, 0.5) is 5.13 Å². The van der Waals surface area contributed by atoms with Gasteiger partial charge in [-0.15, -0.1) is 0 Å². The Labute approximate surface area is 232 Å². The molecule has 3 aromatic rings. The number of anilines is 1. The molecule has 2 aromatic carbocycles. The minimum atomic E-state index is -3.20. The van der Waals surface area contributed by atoms with Gasteiger partial charge in [0.2, 0.25) is 15.2 Å². The van der Waals surface area contributed by atoms with Crippen LogP contribution in [0.15, 0.2) is 48.5 Å².